The number of hydrogen-bond donors (Lipinski definition) is 0. The first kappa shape index (κ1) is 9.56. The zero-order chi connectivity index (χ0) is 8.97. The Morgan fingerprint density at radius 1 is 1.42 bits per heavy atom. The van der Waals surface area contributed by atoms with E-state index >= 15 is 0 Å². The third kappa shape index (κ3) is 2.84. The average Bonchev–Trinajstić information content (AvgIpc) is 2.86. The van der Waals surface area contributed by atoms with Gasteiger partial charge in [0.2, 0.25) is 0 Å². The monoisotopic (exact) mass is 170 g/mol. The molecule has 0 bridgehead atoms. The molecule has 0 aromatic carbocycles. The molecule has 0 amide bonds. The Hall–Kier alpha value is -0.530. The van der Waals surface area contributed by atoms with Crippen LogP contribution in [0.1, 0.15) is 39.5 Å². The van der Waals surface area contributed by atoms with E-state index in [1.54, 1.807) is 0 Å². The van der Waals surface area contributed by atoms with E-state index < -0.39 is 0 Å². The molecule has 1 saturated carbocycles. The summed E-state index contributed by atoms with van der Waals surface area (Å²) in [7, 11) is 0. The largest absolute Gasteiger partial charge is 0.465 e. The molecule has 0 aromatic heterocycles. The van der Waals surface area contributed by atoms with Crippen molar-refractivity contribution >= 4 is 5.97 Å². The van der Waals surface area contributed by atoms with E-state index in [0.29, 0.717) is 12.5 Å². The van der Waals surface area contributed by atoms with Gasteiger partial charge in [-0.15, -0.1) is 0 Å². The number of ether oxygens (including phenoxy) is 1. The minimum atomic E-state index is 0.00639. The Bertz CT molecular complexity index is 146. The van der Waals surface area contributed by atoms with Crippen LogP contribution in [-0.2, 0) is 9.53 Å². The van der Waals surface area contributed by atoms with E-state index in [0.717, 1.165) is 12.8 Å². The van der Waals surface area contributed by atoms with Crippen molar-refractivity contribution in [3.63, 3.8) is 0 Å². The molecule has 1 rings (SSSR count). The average molecular weight is 170 g/mol. The van der Waals surface area contributed by atoms with Gasteiger partial charge in [0.05, 0.1) is 12.5 Å². The molecule has 70 valence electrons. The highest BCUT2D eigenvalue weighted by molar-refractivity contribution is 5.72. The highest BCUT2D eigenvalue weighted by Crippen LogP contribution is 2.29. The van der Waals surface area contributed by atoms with Crippen LogP contribution in [0, 0.1) is 11.8 Å². The lowest BCUT2D eigenvalue weighted by molar-refractivity contribution is -0.149. The van der Waals surface area contributed by atoms with Gasteiger partial charge < -0.3 is 4.74 Å². The van der Waals surface area contributed by atoms with Crippen LogP contribution in [-0.4, -0.2) is 12.6 Å². The maximum atomic E-state index is 11.3. The van der Waals surface area contributed by atoms with E-state index in [2.05, 4.69) is 0 Å². The van der Waals surface area contributed by atoms with Crippen molar-refractivity contribution < 1.29 is 9.53 Å². The van der Waals surface area contributed by atoms with Gasteiger partial charge in [-0.25, -0.2) is 0 Å². The molecule has 0 aromatic rings. The molecule has 1 aliphatic rings. The first-order chi connectivity index (χ1) is 5.77. The molecule has 1 fully saturated rings. The van der Waals surface area contributed by atoms with Crippen LogP contribution in [0.15, 0.2) is 0 Å². The normalized spacial score (nSPS) is 16.6. The van der Waals surface area contributed by atoms with Crippen molar-refractivity contribution in [3.8, 4) is 0 Å². The van der Waals surface area contributed by atoms with Crippen LogP contribution >= 0.6 is 0 Å². The minimum Gasteiger partial charge on any atom is -0.465 e. The van der Waals surface area contributed by atoms with Crippen molar-refractivity contribution in [2.24, 2.45) is 11.8 Å². The summed E-state index contributed by atoms with van der Waals surface area (Å²) < 4.78 is 5.17. The van der Waals surface area contributed by atoms with Crippen LogP contribution in [0.25, 0.3) is 0 Å². The highest BCUT2D eigenvalue weighted by Gasteiger charge is 2.24. The maximum absolute atomic E-state index is 11.3. The molecule has 0 spiro atoms. The third-order valence-electron chi connectivity index (χ3n) is 2.48. The molecule has 0 saturated heterocycles. The quantitative estimate of drug-likeness (QED) is 0.592. The van der Waals surface area contributed by atoms with Gasteiger partial charge in [0.1, 0.15) is 0 Å². The smallest absolute Gasteiger partial charge is 0.308 e. The molecule has 0 atom stereocenters. The van der Waals surface area contributed by atoms with E-state index in [4.69, 9.17) is 4.74 Å². The Morgan fingerprint density at radius 3 is 2.42 bits per heavy atom. The second-order valence-corrected chi connectivity index (χ2v) is 3.59. The third-order valence-corrected chi connectivity index (χ3v) is 2.48. The number of carbonyl (C=O) groups is 1. The van der Waals surface area contributed by atoms with E-state index in [-0.39, 0.29) is 11.9 Å². The lowest BCUT2D eigenvalue weighted by Crippen LogP contribution is -2.17. The maximum Gasteiger partial charge on any atom is 0.308 e. The number of rotatable bonds is 5. The molecule has 2 nitrogen and oxygen atoms in total. The van der Waals surface area contributed by atoms with Crippen molar-refractivity contribution in [1.29, 1.82) is 0 Å². The fraction of sp³-hybridized carbons (Fsp3) is 0.900. The molecule has 2 heteroatoms. The van der Waals surface area contributed by atoms with Crippen LogP contribution in [0.3, 0.4) is 0 Å². The highest BCUT2D eigenvalue weighted by atomic mass is 16.5. The zero-order valence-electron chi connectivity index (χ0n) is 8.01. The molecular weight excluding hydrogens is 152 g/mol. The summed E-state index contributed by atoms with van der Waals surface area (Å²) in [4.78, 5) is 11.3. The first-order valence-corrected chi connectivity index (χ1v) is 4.94. The van der Waals surface area contributed by atoms with Gasteiger partial charge in [-0.2, -0.15) is 0 Å². The van der Waals surface area contributed by atoms with Crippen molar-refractivity contribution in [3.05, 3.63) is 0 Å². The summed E-state index contributed by atoms with van der Waals surface area (Å²) in [5, 5.41) is 0. The summed E-state index contributed by atoms with van der Waals surface area (Å²) in [6.07, 6.45) is 4.30. The van der Waals surface area contributed by atoms with Gasteiger partial charge in [0.15, 0.2) is 0 Å². The number of esters is 1. The van der Waals surface area contributed by atoms with Crippen LogP contribution in [0.5, 0.6) is 0 Å². The Kier molecular flexibility index (Phi) is 3.57. The van der Waals surface area contributed by atoms with E-state index in [1.807, 2.05) is 13.8 Å². The molecular formula is C10H18O2. The Balaban J connectivity index is 2.15. The predicted octanol–water partition coefficient (Wildman–Crippen LogP) is 2.38. The van der Waals surface area contributed by atoms with Crippen LogP contribution in [0.4, 0.5) is 0 Å². The molecule has 0 aliphatic heterocycles. The van der Waals surface area contributed by atoms with Gasteiger partial charge in [-0.1, -0.05) is 13.8 Å². The van der Waals surface area contributed by atoms with Crippen molar-refractivity contribution in [2.75, 3.05) is 6.61 Å². The molecule has 1 aliphatic carbocycles. The SMILES string of the molecule is CCC(CC)C(=O)OCC1CC1. The molecule has 0 unspecified atom stereocenters. The Morgan fingerprint density at radius 2 is 2.00 bits per heavy atom. The van der Waals surface area contributed by atoms with Crippen molar-refractivity contribution in [1.82, 2.24) is 0 Å². The summed E-state index contributed by atoms with van der Waals surface area (Å²) in [5.41, 5.74) is 0. The fourth-order valence-corrected chi connectivity index (χ4v) is 1.22. The number of carbonyl (C=O) groups excluding carboxylic acids is 1. The van der Waals surface area contributed by atoms with Gasteiger partial charge in [-0.05, 0) is 31.6 Å². The molecule has 12 heavy (non-hydrogen) atoms. The second kappa shape index (κ2) is 4.48. The topological polar surface area (TPSA) is 26.3 Å². The molecule has 0 N–H and O–H groups in total. The van der Waals surface area contributed by atoms with Gasteiger partial charge in [0.25, 0.3) is 0 Å². The standard InChI is InChI=1S/C10H18O2/c1-3-9(4-2)10(11)12-7-8-5-6-8/h8-9H,3-7H2,1-2H3. The lowest BCUT2D eigenvalue weighted by atomic mass is 10.0. The van der Waals surface area contributed by atoms with E-state index in [9.17, 15) is 4.79 Å². The Labute approximate surface area is 74.3 Å². The summed E-state index contributed by atoms with van der Waals surface area (Å²) in [6, 6.07) is 0. The van der Waals surface area contributed by atoms with Crippen LogP contribution < -0.4 is 0 Å². The van der Waals surface area contributed by atoms with Gasteiger partial charge in [-0.3, -0.25) is 4.79 Å². The van der Waals surface area contributed by atoms with E-state index in [1.165, 1.54) is 12.8 Å². The van der Waals surface area contributed by atoms with Gasteiger partial charge in [0, 0.05) is 0 Å². The summed E-state index contributed by atoms with van der Waals surface area (Å²) in [5.74, 6) is 0.818. The van der Waals surface area contributed by atoms with Crippen molar-refractivity contribution in [2.45, 2.75) is 39.5 Å². The predicted molar refractivity (Wildman–Crippen MR) is 47.8 cm³/mol. The molecule has 0 heterocycles. The lowest BCUT2D eigenvalue weighted by Gasteiger charge is -2.10. The van der Waals surface area contributed by atoms with Gasteiger partial charge >= 0.3 is 5.97 Å². The minimum absolute atomic E-state index is 0.00639. The van der Waals surface area contributed by atoms with Crippen LogP contribution in [0.2, 0.25) is 0 Å². The first-order valence-electron chi connectivity index (χ1n) is 4.94. The summed E-state index contributed by atoms with van der Waals surface area (Å²) >= 11 is 0. The molecule has 0 radical (unpaired) electrons. The number of hydrogen-bond acceptors (Lipinski definition) is 2. The fourth-order valence-electron chi connectivity index (χ4n) is 1.22. The second-order valence-electron chi connectivity index (χ2n) is 3.59. The zero-order valence-corrected chi connectivity index (χ0v) is 8.01. The summed E-state index contributed by atoms with van der Waals surface area (Å²) in [6.45, 7) is 4.73.